The topological polar surface area (TPSA) is 138 Å². The molecule has 23 heavy (non-hydrogen) atoms. The summed E-state index contributed by atoms with van der Waals surface area (Å²) in [6, 6.07) is 0. The van der Waals surface area contributed by atoms with Crippen molar-refractivity contribution in [2.45, 2.75) is 32.6 Å². The number of rotatable bonds is 12. The maximum absolute atomic E-state index is 5.47. The number of hydrogen-bond donors (Lipinski definition) is 4. The smallest absolute Gasteiger partial charge is 0.0964 e. The maximum Gasteiger partial charge on any atom is 0.0964 e. The van der Waals surface area contributed by atoms with Gasteiger partial charge < -0.3 is 22.1 Å². The summed E-state index contributed by atoms with van der Waals surface area (Å²) in [4.78, 5) is 0. The van der Waals surface area contributed by atoms with Crippen LogP contribution < -0.4 is 22.1 Å². The Morgan fingerprint density at radius 1 is 0.826 bits per heavy atom. The minimum Gasteiger partial charge on any atom is -0.329 e. The monoisotopic (exact) mass is 322 g/mol. The van der Waals surface area contributed by atoms with Gasteiger partial charge in [0.2, 0.25) is 0 Å². The van der Waals surface area contributed by atoms with Crippen LogP contribution in [-0.2, 0) is 26.2 Å². The SMILES string of the molecule is NCCn1cc(CNCCCNCc2cn(CCN)nn2)nn1. The van der Waals surface area contributed by atoms with E-state index in [1.165, 1.54) is 0 Å². The van der Waals surface area contributed by atoms with E-state index in [1.54, 1.807) is 9.36 Å². The molecule has 0 fully saturated rings. The molecule has 2 heterocycles. The van der Waals surface area contributed by atoms with Crippen LogP contribution in [-0.4, -0.2) is 56.2 Å². The minimum atomic E-state index is 0.571. The van der Waals surface area contributed by atoms with E-state index in [4.69, 9.17) is 11.5 Å². The van der Waals surface area contributed by atoms with Crippen molar-refractivity contribution in [2.24, 2.45) is 11.5 Å². The summed E-state index contributed by atoms with van der Waals surface area (Å²) in [6.45, 7) is 5.81. The average Bonchev–Trinajstić information content (AvgIpc) is 3.17. The van der Waals surface area contributed by atoms with Crippen molar-refractivity contribution in [3.8, 4) is 0 Å². The van der Waals surface area contributed by atoms with Crippen LogP contribution in [0.4, 0.5) is 0 Å². The predicted octanol–water partition coefficient (Wildman–Crippen LogP) is -1.94. The Kier molecular flexibility index (Phi) is 7.60. The summed E-state index contributed by atoms with van der Waals surface area (Å²) < 4.78 is 3.52. The molecule has 10 heteroatoms. The van der Waals surface area contributed by atoms with Crippen molar-refractivity contribution in [3.63, 3.8) is 0 Å². The molecule has 2 aromatic heterocycles. The van der Waals surface area contributed by atoms with E-state index in [0.29, 0.717) is 26.2 Å². The van der Waals surface area contributed by atoms with E-state index < -0.39 is 0 Å². The molecule has 0 amide bonds. The molecule has 10 nitrogen and oxygen atoms in total. The fourth-order valence-corrected chi connectivity index (χ4v) is 2.09. The van der Waals surface area contributed by atoms with Gasteiger partial charge in [-0.05, 0) is 19.5 Å². The van der Waals surface area contributed by atoms with E-state index in [9.17, 15) is 0 Å². The Bertz CT molecular complexity index is 500. The van der Waals surface area contributed by atoms with Crippen LogP contribution in [0.5, 0.6) is 0 Å². The molecule has 0 aliphatic carbocycles. The second kappa shape index (κ2) is 10.0. The summed E-state index contributed by atoms with van der Waals surface area (Å²) >= 11 is 0. The lowest BCUT2D eigenvalue weighted by atomic mass is 10.3. The van der Waals surface area contributed by atoms with Gasteiger partial charge in [-0.3, -0.25) is 9.36 Å². The van der Waals surface area contributed by atoms with Gasteiger partial charge in [0.05, 0.1) is 24.5 Å². The zero-order chi connectivity index (χ0) is 16.3. The summed E-state index contributed by atoms with van der Waals surface area (Å²) in [5.41, 5.74) is 12.8. The molecule has 0 saturated carbocycles. The molecule has 128 valence electrons. The van der Waals surface area contributed by atoms with Gasteiger partial charge in [-0.1, -0.05) is 10.4 Å². The van der Waals surface area contributed by atoms with Crippen molar-refractivity contribution < 1.29 is 0 Å². The zero-order valence-corrected chi connectivity index (χ0v) is 13.4. The van der Waals surface area contributed by atoms with Crippen molar-refractivity contribution in [1.82, 2.24) is 40.6 Å². The van der Waals surface area contributed by atoms with Crippen molar-refractivity contribution in [1.29, 1.82) is 0 Å². The fourth-order valence-electron chi connectivity index (χ4n) is 2.09. The minimum absolute atomic E-state index is 0.571. The number of nitrogens with one attached hydrogen (secondary N) is 2. The molecule has 0 bridgehead atoms. The normalized spacial score (nSPS) is 11.2. The quantitative estimate of drug-likeness (QED) is 0.331. The van der Waals surface area contributed by atoms with Crippen LogP contribution in [0.2, 0.25) is 0 Å². The second-order valence-electron chi connectivity index (χ2n) is 5.23. The third-order valence-corrected chi connectivity index (χ3v) is 3.21. The van der Waals surface area contributed by atoms with Crippen molar-refractivity contribution in [2.75, 3.05) is 26.2 Å². The fraction of sp³-hybridized carbons (Fsp3) is 0.692. The van der Waals surface area contributed by atoms with Crippen LogP contribution in [0.25, 0.3) is 0 Å². The molecule has 0 aliphatic heterocycles. The average molecular weight is 322 g/mol. The Balaban J connectivity index is 1.50. The van der Waals surface area contributed by atoms with E-state index in [-0.39, 0.29) is 0 Å². The van der Waals surface area contributed by atoms with E-state index in [0.717, 1.165) is 44.0 Å². The van der Waals surface area contributed by atoms with Gasteiger partial charge in [-0.15, -0.1) is 10.2 Å². The third kappa shape index (κ3) is 6.40. The molecule has 0 spiro atoms. The first-order valence-electron chi connectivity index (χ1n) is 7.91. The van der Waals surface area contributed by atoms with E-state index in [1.807, 2.05) is 12.4 Å². The molecule has 6 N–H and O–H groups in total. The molecule has 0 unspecified atom stereocenters. The van der Waals surface area contributed by atoms with E-state index >= 15 is 0 Å². The van der Waals surface area contributed by atoms with Crippen molar-refractivity contribution >= 4 is 0 Å². The molecule has 2 aromatic rings. The van der Waals surface area contributed by atoms with Gasteiger partial charge in [0, 0.05) is 38.6 Å². The molecule has 0 aliphatic rings. The maximum atomic E-state index is 5.47. The van der Waals surface area contributed by atoms with Crippen LogP contribution >= 0.6 is 0 Å². The highest BCUT2D eigenvalue weighted by Crippen LogP contribution is 1.93. The lowest BCUT2D eigenvalue weighted by Gasteiger charge is -2.03. The third-order valence-electron chi connectivity index (χ3n) is 3.21. The number of nitrogens with zero attached hydrogens (tertiary/aromatic N) is 6. The molecular formula is C13H26N10. The largest absolute Gasteiger partial charge is 0.329 e. The van der Waals surface area contributed by atoms with Crippen molar-refractivity contribution in [3.05, 3.63) is 23.8 Å². The van der Waals surface area contributed by atoms with Crippen LogP contribution in [0.1, 0.15) is 17.8 Å². The lowest BCUT2D eigenvalue weighted by Crippen LogP contribution is -2.21. The van der Waals surface area contributed by atoms with Gasteiger partial charge >= 0.3 is 0 Å². The molecule has 0 aromatic carbocycles. The first-order chi connectivity index (χ1) is 11.3. The summed E-state index contributed by atoms with van der Waals surface area (Å²) in [5, 5.41) is 22.8. The van der Waals surface area contributed by atoms with Gasteiger partial charge in [-0.25, -0.2) is 0 Å². The second-order valence-corrected chi connectivity index (χ2v) is 5.23. The zero-order valence-electron chi connectivity index (χ0n) is 13.4. The molecular weight excluding hydrogens is 296 g/mol. The first-order valence-corrected chi connectivity index (χ1v) is 7.91. The lowest BCUT2D eigenvalue weighted by molar-refractivity contribution is 0.585. The highest BCUT2D eigenvalue weighted by molar-refractivity contribution is 4.92. The van der Waals surface area contributed by atoms with Crippen LogP contribution in [0.15, 0.2) is 12.4 Å². The Morgan fingerprint density at radius 2 is 1.30 bits per heavy atom. The molecule has 2 rings (SSSR count). The summed E-state index contributed by atoms with van der Waals surface area (Å²) in [7, 11) is 0. The number of nitrogens with two attached hydrogens (primary N) is 2. The summed E-state index contributed by atoms with van der Waals surface area (Å²) in [5.74, 6) is 0. The number of hydrogen-bond acceptors (Lipinski definition) is 8. The molecule has 0 atom stereocenters. The van der Waals surface area contributed by atoms with Gasteiger partial charge in [0.25, 0.3) is 0 Å². The van der Waals surface area contributed by atoms with Gasteiger partial charge in [0.15, 0.2) is 0 Å². The highest BCUT2D eigenvalue weighted by Gasteiger charge is 2.01. The highest BCUT2D eigenvalue weighted by atomic mass is 15.4. The van der Waals surface area contributed by atoms with Gasteiger partial charge in [-0.2, -0.15) is 0 Å². The predicted molar refractivity (Wildman–Crippen MR) is 86.2 cm³/mol. The first kappa shape index (κ1) is 17.5. The number of aromatic nitrogens is 6. The van der Waals surface area contributed by atoms with Crippen LogP contribution in [0, 0.1) is 0 Å². The standard InChI is InChI=1S/C13H26N10/c14-2-6-22-10-12(18-20-22)8-16-4-1-5-17-9-13-11-23(7-3-15)21-19-13/h10-11,16-17H,1-9,14-15H2. The summed E-state index contributed by atoms with van der Waals surface area (Å²) in [6.07, 6.45) is 4.86. The Labute approximate surface area is 135 Å². The van der Waals surface area contributed by atoms with Gasteiger partial charge in [0.1, 0.15) is 0 Å². The van der Waals surface area contributed by atoms with Crippen LogP contribution in [0.3, 0.4) is 0 Å². The Morgan fingerprint density at radius 3 is 1.74 bits per heavy atom. The molecule has 0 saturated heterocycles. The Hall–Kier alpha value is -1.88. The molecule has 0 radical (unpaired) electrons. The van der Waals surface area contributed by atoms with E-state index in [2.05, 4.69) is 31.3 Å².